The highest BCUT2D eigenvalue weighted by molar-refractivity contribution is 5.61. The first kappa shape index (κ1) is 22.5. The normalized spacial score (nSPS) is 12.4. The predicted molar refractivity (Wildman–Crippen MR) is 124 cm³/mol. The molecule has 0 unspecified atom stereocenters. The molecule has 0 aliphatic carbocycles. The van der Waals surface area contributed by atoms with E-state index in [4.69, 9.17) is 0 Å². The molecular formula is C27H32O4. The summed E-state index contributed by atoms with van der Waals surface area (Å²) in [6.45, 7) is 12.2. The van der Waals surface area contributed by atoms with Gasteiger partial charge in [-0.25, -0.2) is 0 Å². The van der Waals surface area contributed by atoms with Crippen molar-refractivity contribution >= 4 is 0 Å². The molecule has 0 fully saturated rings. The van der Waals surface area contributed by atoms with E-state index in [0.29, 0.717) is 11.1 Å². The largest absolute Gasteiger partial charge is 0.504 e. The number of hydrogen-bond acceptors (Lipinski definition) is 4. The molecule has 31 heavy (non-hydrogen) atoms. The molecule has 0 atom stereocenters. The molecule has 0 radical (unpaired) electrons. The molecule has 0 spiro atoms. The second-order valence-electron chi connectivity index (χ2n) is 10.2. The number of hydrogen-bond donors (Lipinski definition) is 4. The Morgan fingerprint density at radius 1 is 0.581 bits per heavy atom. The van der Waals surface area contributed by atoms with Gasteiger partial charge in [-0.05, 0) is 39.7 Å². The van der Waals surface area contributed by atoms with E-state index in [-0.39, 0.29) is 33.8 Å². The van der Waals surface area contributed by atoms with E-state index in [1.54, 1.807) is 12.1 Å². The molecule has 4 nitrogen and oxygen atoms in total. The van der Waals surface area contributed by atoms with Gasteiger partial charge >= 0.3 is 0 Å². The SMILES string of the molecule is CC(C)(C)c1cc(O)c(O)c(C(c2ccccc2)c2cc(C(C)(C)C)cc(O)c2O)c1. The molecule has 0 saturated heterocycles. The monoisotopic (exact) mass is 420 g/mol. The minimum atomic E-state index is -0.595. The van der Waals surface area contributed by atoms with Gasteiger partial charge in [0.15, 0.2) is 23.0 Å². The zero-order valence-electron chi connectivity index (χ0n) is 19.1. The van der Waals surface area contributed by atoms with Crippen molar-refractivity contribution in [1.82, 2.24) is 0 Å². The summed E-state index contributed by atoms with van der Waals surface area (Å²) in [5.41, 5.74) is 2.94. The first-order chi connectivity index (χ1) is 14.3. The van der Waals surface area contributed by atoms with Crippen molar-refractivity contribution in [3.8, 4) is 23.0 Å². The minimum absolute atomic E-state index is 0.209. The molecule has 4 N–H and O–H groups in total. The van der Waals surface area contributed by atoms with Crippen LogP contribution in [0.25, 0.3) is 0 Å². The van der Waals surface area contributed by atoms with Crippen LogP contribution in [0.4, 0.5) is 0 Å². The fraction of sp³-hybridized carbons (Fsp3) is 0.333. The van der Waals surface area contributed by atoms with Gasteiger partial charge in [0, 0.05) is 17.0 Å². The molecule has 4 heteroatoms. The van der Waals surface area contributed by atoms with Crippen LogP contribution in [0, 0.1) is 0 Å². The van der Waals surface area contributed by atoms with E-state index in [2.05, 4.69) is 0 Å². The lowest BCUT2D eigenvalue weighted by molar-refractivity contribution is 0.390. The molecule has 0 aromatic heterocycles. The van der Waals surface area contributed by atoms with Crippen LogP contribution < -0.4 is 0 Å². The van der Waals surface area contributed by atoms with E-state index >= 15 is 0 Å². The van der Waals surface area contributed by atoms with Crippen molar-refractivity contribution in [2.45, 2.75) is 58.3 Å². The van der Waals surface area contributed by atoms with E-state index in [0.717, 1.165) is 16.7 Å². The maximum atomic E-state index is 10.9. The molecule has 0 heterocycles. The molecule has 0 amide bonds. The lowest BCUT2D eigenvalue weighted by Gasteiger charge is -2.27. The van der Waals surface area contributed by atoms with Gasteiger partial charge in [-0.3, -0.25) is 0 Å². The Bertz CT molecular complexity index is 1020. The Labute approximate surface area is 184 Å². The van der Waals surface area contributed by atoms with Crippen molar-refractivity contribution in [1.29, 1.82) is 0 Å². The summed E-state index contributed by atoms with van der Waals surface area (Å²) in [4.78, 5) is 0. The maximum Gasteiger partial charge on any atom is 0.161 e. The topological polar surface area (TPSA) is 80.9 Å². The van der Waals surface area contributed by atoms with Crippen LogP contribution >= 0.6 is 0 Å². The number of phenolic OH excluding ortho intramolecular Hbond substituents is 4. The highest BCUT2D eigenvalue weighted by Crippen LogP contribution is 2.48. The van der Waals surface area contributed by atoms with E-state index in [9.17, 15) is 20.4 Å². The number of rotatable bonds is 3. The Kier molecular flexibility index (Phi) is 5.70. The highest BCUT2D eigenvalue weighted by atomic mass is 16.3. The van der Waals surface area contributed by atoms with Gasteiger partial charge in [-0.1, -0.05) is 84.0 Å². The molecule has 3 rings (SSSR count). The molecule has 3 aromatic rings. The molecule has 0 saturated carbocycles. The fourth-order valence-corrected chi connectivity index (χ4v) is 3.76. The third-order valence-electron chi connectivity index (χ3n) is 5.73. The van der Waals surface area contributed by atoms with Crippen LogP contribution in [0.1, 0.15) is 75.3 Å². The smallest absolute Gasteiger partial charge is 0.161 e. The van der Waals surface area contributed by atoms with Gasteiger partial charge in [0.2, 0.25) is 0 Å². The van der Waals surface area contributed by atoms with Crippen molar-refractivity contribution in [3.63, 3.8) is 0 Å². The second-order valence-corrected chi connectivity index (χ2v) is 10.2. The molecule has 0 bridgehead atoms. The van der Waals surface area contributed by atoms with Gasteiger partial charge in [0.1, 0.15) is 0 Å². The summed E-state index contributed by atoms with van der Waals surface area (Å²) in [6, 6.07) is 16.4. The summed E-state index contributed by atoms with van der Waals surface area (Å²) < 4.78 is 0. The maximum absolute atomic E-state index is 10.9. The van der Waals surface area contributed by atoms with Crippen molar-refractivity contribution in [3.05, 3.63) is 82.4 Å². The van der Waals surface area contributed by atoms with Crippen molar-refractivity contribution in [2.75, 3.05) is 0 Å². The average Bonchev–Trinajstić information content (AvgIpc) is 2.67. The van der Waals surface area contributed by atoms with Crippen LogP contribution in [0.3, 0.4) is 0 Å². The van der Waals surface area contributed by atoms with Gasteiger partial charge in [-0.2, -0.15) is 0 Å². The highest BCUT2D eigenvalue weighted by Gasteiger charge is 2.29. The van der Waals surface area contributed by atoms with Crippen LogP contribution in [-0.4, -0.2) is 20.4 Å². The first-order valence-corrected chi connectivity index (χ1v) is 10.5. The lowest BCUT2D eigenvalue weighted by atomic mass is 9.77. The molecule has 164 valence electrons. The Morgan fingerprint density at radius 2 is 0.968 bits per heavy atom. The summed E-state index contributed by atoms with van der Waals surface area (Å²) in [5, 5.41) is 42.8. The van der Waals surface area contributed by atoms with Gasteiger partial charge < -0.3 is 20.4 Å². The molecule has 0 aliphatic heterocycles. The lowest BCUT2D eigenvalue weighted by Crippen LogP contribution is -2.15. The van der Waals surface area contributed by atoms with Crippen LogP contribution in [-0.2, 0) is 10.8 Å². The minimum Gasteiger partial charge on any atom is -0.504 e. The predicted octanol–water partition coefficient (Wildman–Crippen LogP) is 6.28. The number of benzene rings is 3. The molecule has 3 aromatic carbocycles. The number of phenols is 4. The summed E-state index contributed by atoms with van der Waals surface area (Å²) in [5.74, 6) is -1.48. The van der Waals surface area contributed by atoms with E-state index in [1.807, 2.05) is 84.0 Å². The fourth-order valence-electron chi connectivity index (χ4n) is 3.76. The quantitative estimate of drug-likeness (QED) is 0.297. The van der Waals surface area contributed by atoms with E-state index in [1.165, 1.54) is 0 Å². The molecule has 0 aliphatic rings. The Hall–Kier alpha value is -3.14. The number of aromatic hydroxyl groups is 4. The average molecular weight is 421 g/mol. The summed E-state index contributed by atoms with van der Waals surface area (Å²) in [7, 11) is 0. The van der Waals surface area contributed by atoms with Crippen LogP contribution in [0.15, 0.2) is 54.6 Å². The third-order valence-corrected chi connectivity index (χ3v) is 5.73. The van der Waals surface area contributed by atoms with Crippen LogP contribution in [0.2, 0.25) is 0 Å². The van der Waals surface area contributed by atoms with Crippen molar-refractivity contribution < 1.29 is 20.4 Å². The zero-order chi connectivity index (χ0) is 23.1. The second kappa shape index (κ2) is 7.84. The Balaban J connectivity index is 2.39. The summed E-state index contributed by atoms with van der Waals surface area (Å²) >= 11 is 0. The third kappa shape index (κ3) is 4.48. The summed E-state index contributed by atoms with van der Waals surface area (Å²) in [6.07, 6.45) is 0. The Morgan fingerprint density at radius 3 is 1.32 bits per heavy atom. The molecular weight excluding hydrogens is 388 g/mol. The first-order valence-electron chi connectivity index (χ1n) is 10.5. The van der Waals surface area contributed by atoms with Gasteiger partial charge in [0.25, 0.3) is 0 Å². The standard InChI is InChI=1S/C27H32O4/c1-26(2,3)17-12-19(24(30)21(28)14-17)23(16-10-8-7-9-11-16)20-13-18(27(4,5)6)15-22(29)25(20)31/h7-15,23,28-31H,1-6H3. The van der Waals surface area contributed by atoms with Crippen LogP contribution in [0.5, 0.6) is 23.0 Å². The van der Waals surface area contributed by atoms with E-state index < -0.39 is 5.92 Å². The van der Waals surface area contributed by atoms with Gasteiger partial charge in [0.05, 0.1) is 0 Å². The zero-order valence-corrected chi connectivity index (χ0v) is 19.1. The van der Waals surface area contributed by atoms with Crippen molar-refractivity contribution in [2.24, 2.45) is 0 Å². The van der Waals surface area contributed by atoms with Gasteiger partial charge in [-0.15, -0.1) is 0 Å².